The van der Waals surface area contributed by atoms with Crippen LogP contribution in [0.3, 0.4) is 0 Å². The molecule has 39 heavy (non-hydrogen) atoms. The lowest BCUT2D eigenvalue weighted by molar-refractivity contribution is 0.283. The molecule has 2 N–H and O–H groups in total. The van der Waals surface area contributed by atoms with Crippen LogP contribution in [-0.2, 0) is 26.2 Å². The third kappa shape index (κ3) is 7.23. The number of phosphoric acid groups is 1. The van der Waals surface area contributed by atoms with Gasteiger partial charge in [0.2, 0.25) is 0 Å². The van der Waals surface area contributed by atoms with Gasteiger partial charge in [0, 0.05) is 5.56 Å². The molecule has 0 aliphatic heterocycles. The lowest BCUT2D eigenvalue weighted by Gasteiger charge is -2.31. The Morgan fingerprint density at radius 3 is 1.41 bits per heavy atom. The van der Waals surface area contributed by atoms with Crippen LogP contribution in [-0.4, -0.2) is 9.79 Å². The molecule has 0 aromatic heterocycles. The summed E-state index contributed by atoms with van der Waals surface area (Å²) in [5.74, 6) is 0.176. The van der Waals surface area contributed by atoms with Crippen LogP contribution in [0.4, 0.5) is 0 Å². The molecule has 3 aromatic rings. The molecule has 0 unspecified atom stereocenters. The van der Waals surface area contributed by atoms with Gasteiger partial charge >= 0.3 is 7.82 Å². The number of rotatable bonds is 4. The molecule has 0 aliphatic carbocycles. The van der Waals surface area contributed by atoms with Crippen molar-refractivity contribution in [3.8, 4) is 28.0 Å². The van der Waals surface area contributed by atoms with Crippen molar-refractivity contribution >= 4 is 7.82 Å². The summed E-state index contributed by atoms with van der Waals surface area (Å²) < 4.78 is 17.5. The number of hydrogen-bond donors (Lipinski definition) is 2. The van der Waals surface area contributed by atoms with Crippen molar-refractivity contribution in [1.29, 1.82) is 0 Å². The minimum absolute atomic E-state index is 0.0189. The summed E-state index contributed by atoms with van der Waals surface area (Å²) in [6.07, 6.45) is 0. The Morgan fingerprint density at radius 1 is 0.564 bits per heavy atom. The zero-order chi connectivity index (χ0) is 29.8. The van der Waals surface area contributed by atoms with E-state index in [1.807, 2.05) is 12.1 Å². The maximum Gasteiger partial charge on any atom is 0.524 e. The van der Waals surface area contributed by atoms with E-state index in [9.17, 15) is 14.4 Å². The molecule has 0 heterocycles. The summed E-state index contributed by atoms with van der Waals surface area (Å²) in [5.41, 5.74) is 7.77. The molecule has 0 fully saturated rings. The van der Waals surface area contributed by atoms with Crippen molar-refractivity contribution in [3.63, 3.8) is 0 Å². The fraction of sp³-hybridized carbons (Fsp3) is 0.471. The molecule has 0 amide bonds. The van der Waals surface area contributed by atoms with Crippen molar-refractivity contribution in [2.24, 2.45) is 0 Å². The summed E-state index contributed by atoms with van der Waals surface area (Å²) in [7, 11) is -4.81. The lowest BCUT2D eigenvalue weighted by Crippen LogP contribution is -2.18. The molecule has 5 heteroatoms. The van der Waals surface area contributed by atoms with Crippen LogP contribution in [0.15, 0.2) is 54.6 Å². The SMILES string of the molecule is CC(C)(C)c1ccc(-c2cccc(OP(=O)(O)O)c2-c2ccc(C(C)(C)C)cc2C(C)(C)C)c(C(C)(C)C)c1. The molecule has 0 aliphatic rings. The van der Waals surface area contributed by atoms with E-state index < -0.39 is 7.82 Å². The first kappa shape index (κ1) is 31.1. The summed E-state index contributed by atoms with van der Waals surface area (Å²) in [6.45, 7) is 26.3. The first-order chi connectivity index (χ1) is 17.5. The van der Waals surface area contributed by atoms with Crippen LogP contribution in [0.2, 0.25) is 0 Å². The van der Waals surface area contributed by atoms with Gasteiger partial charge in [0.1, 0.15) is 5.75 Å². The van der Waals surface area contributed by atoms with Crippen LogP contribution in [0.1, 0.15) is 105 Å². The second-order valence-corrected chi connectivity index (χ2v) is 15.9. The summed E-state index contributed by atoms with van der Waals surface area (Å²) >= 11 is 0. The molecule has 3 rings (SSSR count). The zero-order valence-electron chi connectivity index (χ0n) is 25.9. The minimum atomic E-state index is -4.81. The highest BCUT2D eigenvalue weighted by Gasteiger charge is 2.30. The van der Waals surface area contributed by atoms with Crippen LogP contribution < -0.4 is 4.52 Å². The van der Waals surface area contributed by atoms with Gasteiger partial charge in [-0.1, -0.05) is 132 Å². The van der Waals surface area contributed by atoms with E-state index >= 15 is 0 Å². The molecular weight excluding hydrogens is 503 g/mol. The Labute approximate surface area is 236 Å². The molecule has 0 saturated heterocycles. The molecule has 0 bridgehead atoms. The zero-order valence-corrected chi connectivity index (χ0v) is 26.7. The number of benzene rings is 3. The molecule has 3 aromatic carbocycles. The molecular formula is C34H47O4P. The quantitative estimate of drug-likeness (QED) is 0.317. The second kappa shape index (κ2) is 10.2. The molecule has 0 spiro atoms. The normalized spacial score (nSPS) is 13.5. The number of hydrogen-bond acceptors (Lipinski definition) is 2. The Balaban J connectivity index is 2.51. The molecule has 212 valence electrons. The summed E-state index contributed by atoms with van der Waals surface area (Å²) in [6, 6.07) is 18.6. The van der Waals surface area contributed by atoms with E-state index in [-0.39, 0.29) is 27.4 Å². The van der Waals surface area contributed by atoms with E-state index in [1.54, 1.807) is 6.07 Å². The Morgan fingerprint density at radius 2 is 1.00 bits per heavy atom. The number of phosphoric ester groups is 1. The first-order valence-corrected chi connectivity index (χ1v) is 15.2. The average Bonchev–Trinajstić information content (AvgIpc) is 2.74. The van der Waals surface area contributed by atoms with E-state index in [0.29, 0.717) is 5.56 Å². The maximum absolute atomic E-state index is 12.2. The van der Waals surface area contributed by atoms with Gasteiger partial charge in [-0.2, -0.15) is 0 Å². The van der Waals surface area contributed by atoms with Gasteiger partial charge in [0.05, 0.1) is 0 Å². The van der Waals surface area contributed by atoms with E-state index in [4.69, 9.17) is 4.52 Å². The Hall–Kier alpha value is -2.39. The van der Waals surface area contributed by atoms with Crippen molar-refractivity contribution in [3.05, 3.63) is 76.9 Å². The van der Waals surface area contributed by atoms with Gasteiger partial charge in [-0.15, -0.1) is 0 Å². The lowest BCUT2D eigenvalue weighted by atomic mass is 9.74. The highest BCUT2D eigenvalue weighted by Crippen LogP contribution is 2.50. The van der Waals surface area contributed by atoms with Gasteiger partial charge in [0.25, 0.3) is 0 Å². The van der Waals surface area contributed by atoms with Gasteiger partial charge < -0.3 is 4.52 Å². The summed E-state index contributed by atoms with van der Waals surface area (Å²) in [5, 5.41) is 0. The van der Waals surface area contributed by atoms with Crippen molar-refractivity contribution in [1.82, 2.24) is 0 Å². The third-order valence-electron chi connectivity index (χ3n) is 7.19. The third-order valence-corrected chi connectivity index (χ3v) is 7.62. The highest BCUT2D eigenvalue weighted by atomic mass is 31.2. The fourth-order valence-corrected chi connectivity index (χ4v) is 5.36. The second-order valence-electron chi connectivity index (χ2n) is 14.8. The Bertz CT molecular complexity index is 1400. The predicted octanol–water partition coefficient (Wildman–Crippen LogP) is 9.68. The van der Waals surface area contributed by atoms with E-state index in [2.05, 4.69) is 119 Å². The van der Waals surface area contributed by atoms with Crippen molar-refractivity contribution in [2.75, 3.05) is 0 Å². The van der Waals surface area contributed by atoms with Crippen molar-refractivity contribution in [2.45, 2.75) is 105 Å². The standard InChI is InChI=1S/C34H47O4P/c1-31(2,3)22-16-18-24(27(20-22)33(7,8)9)25-14-13-15-29(38-39(35,36)37)30(25)26-19-17-23(32(4,5)6)21-28(26)34(10,11)12/h13-21H,1-12H3,(H2,35,36,37). The highest BCUT2D eigenvalue weighted by molar-refractivity contribution is 7.46. The van der Waals surface area contributed by atoms with E-state index in [0.717, 1.165) is 22.3 Å². The van der Waals surface area contributed by atoms with Crippen LogP contribution in [0, 0.1) is 0 Å². The average molecular weight is 551 g/mol. The molecule has 0 radical (unpaired) electrons. The molecule has 4 nitrogen and oxygen atoms in total. The van der Waals surface area contributed by atoms with Crippen LogP contribution >= 0.6 is 7.82 Å². The van der Waals surface area contributed by atoms with Gasteiger partial charge in [-0.3, -0.25) is 9.79 Å². The van der Waals surface area contributed by atoms with Crippen molar-refractivity contribution < 1.29 is 18.9 Å². The minimum Gasteiger partial charge on any atom is -0.404 e. The van der Waals surface area contributed by atoms with E-state index in [1.165, 1.54) is 16.7 Å². The van der Waals surface area contributed by atoms with Gasteiger partial charge in [-0.25, -0.2) is 4.57 Å². The molecule has 0 atom stereocenters. The smallest absolute Gasteiger partial charge is 0.404 e. The first-order valence-electron chi connectivity index (χ1n) is 13.7. The fourth-order valence-electron chi connectivity index (χ4n) is 4.95. The van der Waals surface area contributed by atoms with Gasteiger partial charge in [0.15, 0.2) is 0 Å². The monoisotopic (exact) mass is 550 g/mol. The topological polar surface area (TPSA) is 66.8 Å². The molecule has 0 saturated carbocycles. The van der Waals surface area contributed by atoms with Crippen LogP contribution in [0.5, 0.6) is 5.75 Å². The van der Waals surface area contributed by atoms with Crippen LogP contribution in [0.25, 0.3) is 22.3 Å². The Kier molecular flexibility index (Phi) is 8.16. The predicted molar refractivity (Wildman–Crippen MR) is 165 cm³/mol. The van der Waals surface area contributed by atoms with Gasteiger partial charge in [-0.05, 0) is 66.7 Å². The maximum atomic E-state index is 12.2. The summed E-state index contributed by atoms with van der Waals surface area (Å²) in [4.78, 5) is 19.8. The largest absolute Gasteiger partial charge is 0.524 e.